The van der Waals surface area contributed by atoms with Crippen molar-refractivity contribution in [3.63, 3.8) is 0 Å². The van der Waals surface area contributed by atoms with Gasteiger partial charge in [-0.25, -0.2) is 13.1 Å². The molecule has 0 atom stereocenters. The van der Waals surface area contributed by atoms with E-state index in [1.54, 1.807) is 13.8 Å². The molecule has 20 heavy (non-hydrogen) atoms. The summed E-state index contributed by atoms with van der Waals surface area (Å²) in [4.78, 5) is 12.1. The molecule has 0 spiro atoms. The van der Waals surface area contributed by atoms with Gasteiger partial charge in [0.15, 0.2) is 0 Å². The largest absolute Gasteiger partial charge is 0.354 e. The number of hydrogen-bond acceptors (Lipinski definition) is 4. The first-order valence-corrected chi connectivity index (χ1v) is 8.99. The van der Waals surface area contributed by atoms with Crippen molar-refractivity contribution in [3.05, 3.63) is 0 Å². The molecule has 0 radical (unpaired) electrons. The van der Waals surface area contributed by atoms with E-state index >= 15 is 0 Å². The van der Waals surface area contributed by atoms with Crippen molar-refractivity contribution in [1.29, 1.82) is 0 Å². The molecule has 0 heterocycles. The fraction of sp³-hybridized carbons (Fsp3) is 0.923. The number of carbonyl (C=O) groups excluding carboxylic acids is 1. The van der Waals surface area contributed by atoms with Gasteiger partial charge in [0.1, 0.15) is 0 Å². The Morgan fingerprint density at radius 1 is 1.25 bits per heavy atom. The van der Waals surface area contributed by atoms with E-state index < -0.39 is 15.6 Å². The van der Waals surface area contributed by atoms with Crippen molar-refractivity contribution in [2.45, 2.75) is 45.1 Å². The van der Waals surface area contributed by atoms with Gasteiger partial charge in [0.25, 0.3) is 0 Å². The number of amides is 1. The molecule has 1 fully saturated rings. The van der Waals surface area contributed by atoms with Crippen LogP contribution in [0.1, 0.15) is 39.5 Å². The van der Waals surface area contributed by atoms with E-state index in [0.717, 1.165) is 31.9 Å². The summed E-state index contributed by atoms with van der Waals surface area (Å²) < 4.78 is 25.0. The van der Waals surface area contributed by atoms with E-state index in [2.05, 4.69) is 10.0 Å². The fourth-order valence-corrected chi connectivity index (χ4v) is 3.73. The average Bonchev–Trinajstić information content (AvgIpc) is 2.33. The number of sulfonamides is 1. The summed E-state index contributed by atoms with van der Waals surface area (Å²) in [5.74, 6) is 0.595. The molecule has 0 bridgehead atoms. The summed E-state index contributed by atoms with van der Waals surface area (Å²) >= 11 is 0. The average molecular weight is 305 g/mol. The van der Waals surface area contributed by atoms with E-state index in [0.29, 0.717) is 12.5 Å². The first kappa shape index (κ1) is 17.4. The molecule has 0 unspecified atom stereocenters. The number of rotatable bonds is 6. The lowest BCUT2D eigenvalue weighted by atomic mass is 9.81. The normalized spacial score (nSPS) is 24.4. The molecule has 1 rings (SSSR count). The smallest absolute Gasteiger partial charge is 0.223 e. The van der Waals surface area contributed by atoms with Crippen LogP contribution in [0.15, 0.2) is 0 Å². The topological polar surface area (TPSA) is 101 Å². The maximum absolute atomic E-state index is 12.1. The highest BCUT2D eigenvalue weighted by molar-refractivity contribution is 7.88. The first-order valence-electron chi connectivity index (χ1n) is 7.10. The Morgan fingerprint density at radius 3 is 2.25 bits per heavy atom. The van der Waals surface area contributed by atoms with Gasteiger partial charge in [-0.15, -0.1) is 0 Å². The van der Waals surface area contributed by atoms with E-state index in [-0.39, 0.29) is 18.4 Å². The molecule has 0 saturated heterocycles. The Hall–Kier alpha value is -0.660. The first-order chi connectivity index (χ1) is 9.13. The molecule has 1 saturated carbocycles. The SMILES string of the molecule is CC(C)(CNC(=O)C1CCC(CN)CC1)NS(C)(=O)=O. The number of carbonyl (C=O) groups is 1. The lowest BCUT2D eigenvalue weighted by Crippen LogP contribution is -2.52. The van der Waals surface area contributed by atoms with Crippen LogP contribution >= 0.6 is 0 Å². The molecular formula is C13H27N3O3S. The molecule has 4 N–H and O–H groups in total. The fourth-order valence-electron chi connectivity index (χ4n) is 2.65. The zero-order chi connectivity index (χ0) is 15.4. The van der Waals surface area contributed by atoms with Crippen LogP contribution in [0.2, 0.25) is 0 Å². The third-order valence-electron chi connectivity index (χ3n) is 3.72. The predicted molar refractivity (Wildman–Crippen MR) is 79.6 cm³/mol. The van der Waals surface area contributed by atoms with E-state index in [1.807, 2.05) is 0 Å². The molecule has 0 aromatic carbocycles. The van der Waals surface area contributed by atoms with E-state index in [9.17, 15) is 13.2 Å². The summed E-state index contributed by atoms with van der Waals surface area (Å²) in [5.41, 5.74) is 4.95. The van der Waals surface area contributed by atoms with Gasteiger partial charge in [0.2, 0.25) is 15.9 Å². The minimum absolute atomic E-state index is 0.0175. The van der Waals surface area contributed by atoms with E-state index in [4.69, 9.17) is 5.73 Å². The van der Waals surface area contributed by atoms with Gasteiger partial charge in [-0.2, -0.15) is 0 Å². The van der Waals surface area contributed by atoms with Gasteiger partial charge in [0.05, 0.1) is 6.26 Å². The van der Waals surface area contributed by atoms with Crippen LogP contribution in [0.25, 0.3) is 0 Å². The molecule has 1 aliphatic carbocycles. The van der Waals surface area contributed by atoms with Crippen LogP contribution in [0.5, 0.6) is 0 Å². The summed E-state index contributed by atoms with van der Waals surface area (Å²) in [6.45, 7) is 4.48. The molecular weight excluding hydrogens is 278 g/mol. The van der Waals surface area contributed by atoms with Crippen molar-refractivity contribution in [1.82, 2.24) is 10.0 Å². The van der Waals surface area contributed by atoms with Crippen LogP contribution in [0.3, 0.4) is 0 Å². The Morgan fingerprint density at radius 2 is 1.80 bits per heavy atom. The molecule has 0 aliphatic heterocycles. The molecule has 0 aromatic rings. The molecule has 1 aliphatic rings. The monoisotopic (exact) mass is 305 g/mol. The zero-order valence-corrected chi connectivity index (χ0v) is 13.4. The number of hydrogen-bond donors (Lipinski definition) is 3. The van der Waals surface area contributed by atoms with Gasteiger partial charge >= 0.3 is 0 Å². The van der Waals surface area contributed by atoms with Crippen molar-refractivity contribution in [2.24, 2.45) is 17.6 Å². The van der Waals surface area contributed by atoms with Gasteiger partial charge in [-0.3, -0.25) is 4.79 Å². The summed E-state index contributed by atoms with van der Waals surface area (Å²) in [6.07, 6.45) is 4.85. The van der Waals surface area contributed by atoms with Gasteiger partial charge in [0, 0.05) is 18.0 Å². The quantitative estimate of drug-likeness (QED) is 0.652. The lowest BCUT2D eigenvalue weighted by molar-refractivity contribution is -0.126. The Labute approximate surface area is 121 Å². The summed E-state index contributed by atoms with van der Waals surface area (Å²) in [5, 5.41) is 2.85. The highest BCUT2D eigenvalue weighted by atomic mass is 32.2. The predicted octanol–water partition coefficient (Wildman–Crippen LogP) is 0.196. The second-order valence-electron chi connectivity index (χ2n) is 6.43. The van der Waals surface area contributed by atoms with Crippen molar-refractivity contribution in [2.75, 3.05) is 19.3 Å². The Bertz CT molecular complexity index is 426. The summed E-state index contributed by atoms with van der Waals surface area (Å²) in [7, 11) is -3.28. The van der Waals surface area contributed by atoms with Gasteiger partial charge in [-0.1, -0.05) is 0 Å². The highest BCUT2D eigenvalue weighted by Crippen LogP contribution is 2.28. The molecule has 7 heteroatoms. The van der Waals surface area contributed by atoms with Crippen molar-refractivity contribution >= 4 is 15.9 Å². The Kier molecular flexibility index (Phi) is 5.97. The minimum atomic E-state index is -3.28. The third kappa shape index (κ3) is 6.19. The van der Waals surface area contributed by atoms with Crippen molar-refractivity contribution in [3.8, 4) is 0 Å². The van der Waals surface area contributed by atoms with Crippen molar-refractivity contribution < 1.29 is 13.2 Å². The molecule has 0 aromatic heterocycles. The van der Waals surface area contributed by atoms with Gasteiger partial charge < -0.3 is 11.1 Å². The number of nitrogens with one attached hydrogen (secondary N) is 2. The maximum Gasteiger partial charge on any atom is 0.223 e. The molecule has 1 amide bonds. The maximum atomic E-state index is 12.1. The van der Waals surface area contributed by atoms with E-state index in [1.165, 1.54) is 0 Å². The second-order valence-corrected chi connectivity index (χ2v) is 8.18. The second kappa shape index (κ2) is 6.87. The van der Waals surface area contributed by atoms with Crippen LogP contribution in [-0.4, -0.2) is 39.2 Å². The lowest BCUT2D eigenvalue weighted by Gasteiger charge is -2.29. The van der Waals surface area contributed by atoms with Gasteiger partial charge in [-0.05, 0) is 52.0 Å². The highest BCUT2D eigenvalue weighted by Gasteiger charge is 2.28. The van der Waals surface area contributed by atoms with Crippen LogP contribution < -0.4 is 15.8 Å². The minimum Gasteiger partial charge on any atom is -0.354 e. The van der Waals surface area contributed by atoms with Crippen LogP contribution in [0.4, 0.5) is 0 Å². The molecule has 6 nitrogen and oxygen atoms in total. The molecule has 118 valence electrons. The van der Waals surface area contributed by atoms with Crippen LogP contribution in [0, 0.1) is 11.8 Å². The third-order valence-corrected chi connectivity index (χ3v) is 4.64. The Balaban J connectivity index is 2.40. The summed E-state index contributed by atoms with van der Waals surface area (Å²) in [6, 6.07) is 0. The van der Waals surface area contributed by atoms with Crippen LogP contribution in [-0.2, 0) is 14.8 Å². The number of nitrogens with two attached hydrogens (primary N) is 1. The zero-order valence-electron chi connectivity index (χ0n) is 12.6. The standard InChI is InChI=1S/C13H27N3O3S/c1-13(2,16-20(3,18)19)9-15-12(17)11-6-4-10(8-14)5-7-11/h10-11,16H,4-9,14H2,1-3H3,(H,15,17).